The van der Waals surface area contributed by atoms with Crippen molar-refractivity contribution in [1.82, 2.24) is 19.5 Å². The van der Waals surface area contributed by atoms with Crippen LogP contribution in [0.25, 0.3) is 11.2 Å². The molecule has 1 saturated heterocycles. The number of nitrogens with zero attached hydrogens (tertiary/aromatic N) is 4. The molecule has 2 aromatic heterocycles. The van der Waals surface area contributed by atoms with Crippen molar-refractivity contribution >= 4 is 32.1 Å². The van der Waals surface area contributed by atoms with Crippen LogP contribution in [0.3, 0.4) is 0 Å². The maximum absolute atomic E-state index is 12.1. The van der Waals surface area contributed by atoms with Gasteiger partial charge in [-0.2, -0.15) is 10.2 Å². The van der Waals surface area contributed by atoms with Gasteiger partial charge in [0.25, 0.3) is 5.56 Å². The van der Waals surface area contributed by atoms with Crippen molar-refractivity contribution in [1.29, 1.82) is 5.26 Å². The number of aromatic nitrogens is 4. The van der Waals surface area contributed by atoms with Crippen LogP contribution in [-0.2, 0) is 18.6 Å². The molecule has 1 fully saturated rings. The Morgan fingerprint density at radius 2 is 2.23 bits per heavy atom. The molecule has 3 atom stereocenters. The number of fused-ring (bicyclic) bond motifs is 1. The third-order valence-electron chi connectivity index (χ3n) is 4.43. The first-order valence-electron chi connectivity index (χ1n) is 10.6. The Morgan fingerprint density at radius 3 is 2.83 bits per heavy atom. The fourth-order valence-electron chi connectivity index (χ4n) is 2.76. The average molecular weight is 514 g/mol. The maximum atomic E-state index is 12.1. The molecule has 0 bridgehead atoms. The number of amides is 1. The average Bonchev–Trinajstić information content (AvgIpc) is 3.50. The van der Waals surface area contributed by atoms with Crippen LogP contribution < -0.4 is 10.9 Å². The van der Waals surface area contributed by atoms with Gasteiger partial charge in [0.2, 0.25) is 11.9 Å². The van der Waals surface area contributed by atoms with Crippen LogP contribution in [-0.4, -0.2) is 67.0 Å². The smallest absolute Gasteiger partial charge is 0.280 e. The number of nitriles is 1. The van der Waals surface area contributed by atoms with Crippen molar-refractivity contribution in [3.05, 3.63) is 29.3 Å². The van der Waals surface area contributed by atoms with Gasteiger partial charge < -0.3 is 18.9 Å². The number of H-pyrrole nitrogens is 1. The molecule has 1 aliphatic heterocycles. The van der Waals surface area contributed by atoms with E-state index >= 15 is 0 Å². The lowest BCUT2D eigenvalue weighted by molar-refractivity contribution is -0.176. The van der Waals surface area contributed by atoms with Crippen molar-refractivity contribution < 1.29 is 34.2 Å². The topological polar surface area (TPSA) is 205 Å². The van der Waals surface area contributed by atoms with E-state index in [4.69, 9.17) is 34.7 Å². The molecule has 3 heterocycles. The van der Waals surface area contributed by atoms with Gasteiger partial charge in [-0.25, -0.2) is 4.98 Å². The van der Waals surface area contributed by atoms with E-state index in [1.54, 1.807) is 24.5 Å². The van der Waals surface area contributed by atoms with E-state index in [0.717, 1.165) is 6.42 Å². The van der Waals surface area contributed by atoms with Crippen LogP contribution in [0.15, 0.2) is 23.8 Å². The van der Waals surface area contributed by atoms with Gasteiger partial charge >= 0.3 is 0 Å². The zero-order valence-electron chi connectivity index (χ0n) is 19.5. The number of ether oxygens (including phenoxy) is 1. The molecule has 5 N–H and O–H groups in total. The summed E-state index contributed by atoms with van der Waals surface area (Å²) < 4.78 is 17.2. The van der Waals surface area contributed by atoms with Gasteiger partial charge in [0, 0.05) is 5.92 Å². The van der Waals surface area contributed by atoms with Crippen LogP contribution in [0.4, 0.5) is 5.95 Å². The molecule has 3 rings (SSSR count). The van der Waals surface area contributed by atoms with Gasteiger partial charge in [0.15, 0.2) is 20.2 Å². The lowest BCUT2D eigenvalue weighted by atomic mass is 10.2. The zero-order valence-corrected chi connectivity index (χ0v) is 20.5. The fraction of sp³-hybridized carbons (Fsp3) is 0.550. The molecule has 0 saturated carbocycles. The molecule has 0 radical (unpaired) electrons. The number of carbonyl (C=O) groups is 1. The molecule has 194 valence electrons. The van der Waals surface area contributed by atoms with E-state index in [0.29, 0.717) is 31.7 Å². The quantitative estimate of drug-likeness (QED) is 0.102. The third-order valence-corrected chi connectivity index (χ3v) is 5.04. The standard InChI is InChI=1S/C14H19N5O4.C6H10NO2P.H2O2/c1-7(2)12(21)17-14-16-11-10(13(22)18-14)15-6-19(11)9-4-3-8(5-20)23-9;1-2-5-8-10-9-6-3-4-7;1-2/h6-9,20H,3-5H2,1-2H3,(H2,16,17,18,21,22);2,10H,1,3,5-6H2;1-2H. The Kier molecular flexibility index (Phi) is 14.5. The lowest BCUT2D eigenvalue weighted by Crippen LogP contribution is -2.22. The molecule has 2 aromatic rings. The number of carbonyl (C=O) groups excluding carboxylic acids is 1. The summed E-state index contributed by atoms with van der Waals surface area (Å²) in [6.45, 7) is 7.87. The molecule has 0 aromatic carbocycles. The van der Waals surface area contributed by atoms with Crippen LogP contribution >= 0.6 is 9.03 Å². The van der Waals surface area contributed by atoms with Gasteiger partial charge in [-0.1, -0.05) is 19.9 Å². The van der Waals surface area contributed by atoms with Gasteiger partial charge in [-0.05, 0) is 12.8 Å². The second-order valence-corrected chi connectivity index (χ2v) is 8.04. The van der Waals surface area contributed by atoms with Crippen LogP contribution in [0.5, 0.6) is 0 Å². The first-order chi connectivity index (χ1) is 16.9. The van der Waals surface area contributed by atoms with Crippen LogP contribution in [0.2, 0.25) is 0 Å². The predicted octanol–water partition coefficient (Wildman–Crippen LogP) is 2.03. The molecule has 1 amide bonds. The van der Waals surface area contributed by atoms with Crippen molar-refractivity contribution in [2.24, 2.45) is 5.92 Å². The summed E-state index contributed by atoms with van der Waals surface area (Å²) >= 11 is 0. The van der Waals surface area contributed by atoms with E-state index in [9.17, 15) is 9.59 Å². The number of rotatable bonds is 10. The Morgan fingerprint density at radius 1 is 1.49 bits per heavy atom. The maximum Gasteiger partial charge on any atom is 0.280 e. The minimum Gasteiger partial charge on any atom is -0.394 e. The SMILES string of the molecule is C=CCOPOCCC#N.CC(C)C(=O)Nc1nc2c(ncn2C2CCC(CO)O2)c(=O)[nH]1.OO. The van der Waals surface area contributed by atoms with Gasteiger partial charge in [-0.15, -0.1) is 6.58 Å². The Hall–Kier alpha value is -2.76. The number of nitrogens with one attached hydrogen (secondary N) is 2. The highest BCUT2D eigenvalue weighted by atomic mass is 31.1. The van der Waals surface area contributed by atoms with Gasteiger partial charge in [0.05, 0.1) is 44.7 Å². The molecule has 1 aliphatic rings. The van der Waals surface area contributed by atoms with Crippen molar-refractivity contribution in [3.63, 3.8) is 0 Å². The van der Waals surface area contributed by atoms with Crippen molar-refractivity contribution in [3.8, 4) is 6.07 Å². The summed E-state index contributed by atoms with van der Waals surface area (Å²) in [6, 6.07) is 1.96. The third kappa shape index (κ3) is 9.79. The first kappa shape index (κ1) is 30.3. The van der Waals surface area contributed by atoms with Crippen molar-refractivity contribution in [2.45, 2.75) is 45.4 Å². The van der Waals surface area contributed by atoms with Crippen molar-refractivity contribution in [2.75, 3.05) is 25.1 Å². The molecular weight excluding hydrogens is 483 g/mol. The highest BCUT2D eigenvalue weighted by Gasteiger charge is 2.28. The summed E-state index contributed by atoms with van der Waals surface area (Å²) in [6.07, 6.45) is 4.43. The van der Waals surface area contributed by atoms with E-state index in [2.05, 4.69) is 26.8 Å². The number of anilines is 1. The number of aliphatic hydroxyl groups excluding tert-OH is 1. The molecule has 0 aliphatic carbocycles. The molecule has 14 nitrogen and oxygen atoms in total. The molecule has 35 heavy (non-hydrogen) atoms. The molecule has 0 spiro atoms. The Labute approximate surface area is 203 Å². The molecule has 15 heteroatoms. The van der Waals surface area contributed by atoms with Gasteiger partial charge in [0.1, 0.15) is 6.23 Å². The van der Waals surface area contributed by atoms with E-state index < -0.39 is 5.56 Å². The zero-order chi connectivity index (χ0) is 26.2. The number of imidazole rings is 1. The van der Waals surface area contributed by atoms with E-state index in [1.165, 1.54) is 6.33 Å². The normalized spacial score (nSPS) is 16.9. The summed E-state index contributed by atoms with van der Waals surface area (Å²) in [5.41, 5.74) is 0.101. The molecule has 3 unspecified atom stereocenters. The number of aliphatic hydroxyl groups is 1. The monoisotopic (exact) mass is 514 g/mol. The number of hydrogen-bond acceptors (Lipinski definition) is 11. The summed E-state index contributed by atoms with van der Waals surface area (Å²) in [4.78, 5) is 34.7. The minimum absolute atomic E-state index is 0.0265. The summed E-state index contributed by atoms with van der Waals surface area (Å²) in [5.74, 6) is -0.389. The van der Waals surface area contributed by atoms with Crippen LogP contribution in [0, 0.1) is 17.2 Å². The predicted molar refractivity (Wildman–Crippen MR) is 128 cm³/mol. The van der Waals surface area contributed by atoms with E-state index in [-0.39, 0.29) is 51.3 Å². The minimum atomic E-state index is -0.426. The summed E-state index contributed by atoms with van der Waals surface area (Å²) in [7, 11) is 0.0265. The first-order valence-corrected chi connectivity index (χ1v) is 11.4. The van der Waals surface area contributed by atoms with E-state index in [1.807, 2.05) is 6.07 Å². The summed E-state index contributed by atoms with van der Waals surface area (Å²) in [5, 5.41) is 31.8. The van der Waals surface area contributed by atoms with Gasteiger partial charge in [-0.3, -0.25) is 35.0 Å². The Balaban J connectivity index is 0.000000433. The second kappa shape index (κ2) is 16.8. The highest BCUT2D eigenvalue weighted by molar-refractivity contribution is 7.26. The Bertz CT molecular complexity index is 1020. The number of hydrogen-bond donors (Lipinski definition) is 5. The lowest BCUT2D eigenvalue weighted by Gasteiger charge is -2.14. The second-order valence-electron chi connectivity index (χ2n) is 7.29. The highest BCUT2D eigenvalue weighted by Crippen LogP contribution is 2.29. The van der Waals surface area contributed by atoms with Crippen LogP contribution in [0.1, 0.15) is 39.3 Å². The largest absolute Gasteiger partial charge is 0.394 e. The number of aromatic amines is 1. The molecular formula is C20H31N6O8P. The fourth-order valence-corrected chi connectivity index (χ4v) is 3.21.